The highest BCUT2D eigenvalue weighted by molar-refractivity contribution is 5.91. The quantitative estimate of drug-likeness (QED) is 0.493. The Morgan fingerprint density at radius 3 is 2.16 bits per heavy atom. The van der Waals surface area contributed by atoms with Crippen molar-refractivity contribution in [1.82, 2.24) is 14.7 Å². The van der Waals surface area contributed by atoms with Gasteiger partial charge in [-0.1, -0.05) is 30.3 Å². The lowest BCUT2D eigenvalue weighted by atomic mass is 9.85. The Balaban J connectivity index is 1.16. The molecule has 0 radical (unpaired) electrons. The predicted molar refractivity (Wildman–Crippen MR) is 134 cm³/mol. The van der Waals surface area contributed by atoms with Gasteiger partial charge in [-0.3, -0.25) is 14.6 Å². The molecule has 0 spiro atoms. The third-order valence-electron chi connectivity index (χ3n) is 8.87. The molecule has 0 unspecified atom stereocenters. The summed E-state index contributed by atoms with van der Waals surface area (Å²) < 4.78 is 53.1. The van der Waals surface area contributed by atoms with Crippen LogP contribution in [0.25, 0.3) is 0 Å². The number of amides is 1. The van der Waals surface area contributed by atoms with Crippen LogP contribution in [0.5, 0.6) is 0 Å². The molecule has 1 saturated carbocycles. The monoisotopic (exact) mass is 517 g/mol. The van der Waals surface area contributed by atoms with E-state index in [0.29, 0.717) is 38.0 Å². The Morgan fingerprint density at radius 2 is 1.59 bits per heavy atom. The Bertz CT molecular complexity index is 1120. The SMILES string of the molecule is C[C@H]1CN(C2(C)CCN(C(=O)C3(c4ccccc4F)CC3)CC2)CCN1Cc1ccc(C(F)(F)F)cc1. The zero-order valence-corrected chi connectivity index (χ0v) is 21.5. The number of carbonyl (C=O) groups is 1. The van der Waals surface area contributed by atoms with Crippen molar-refractivity contribution in [2.75, 3.05) is 32.7 Å². The minimum Gasteiger partial charge on any atom is -0.342 e. The maximum Gasteiger partial charge on any atom is 0.416 e. The first kappa shape index (κ1) is 26.2. The number of hydrogen-bond donors (Lipinski definition) is 0. The van der Waals surface area contributed by atoms with E-state index in [-0.39, 0.29) is 23.3 Å². The van der Waals surface area contributed by atoms with Crippen LogP contribution in [0.3, 0.4) is 0 Å². The van der Waals surface area contributed by atoms with Gasteiger partial charge in [0.15, 0.2) is 0 Å². The largest absolute Gasteiger partial charge is 0.416 e. The summed E-state index contributed by atoms with van der Waals surface area (Å²) in [5.41, 5.74) is 0.104. The van der Waals surface area contributed by atoms with Gasteiger partial charge in [0.2, 0.25) is 5.91 Å². The summed E-state index contributed by atoms with van der Waals surface area (Å²) in [6.07, 6.45) is -1.16. The number of piperidine rings is 1. The number of piperazine rings is 1. The average Bonchev–Trinajstić information content (AvgIpc) is 3.67. The standard InChI is InChI=1S/C29H35F4N3O/c1-21-19-36(18-17-35(21)20-22-7-9-23(10-8-22)29(31,32)33)27(2)13-15-34(16-14-27)26(37)28(11-12-28)24-5-3-4-6-25(24)30/h3-10,21H,11-20H2,1-2H3/t21-/m0/s1. The van der Waals surface area contributed by atoms with Crippen LogP contribution in [-0.4, -0.2) is 64.9 Å². The summed E-state index contributed by atoms with van der Waals surface area (Å²) in [7, 11) is 0. The predicted octanol–water partition coefficient (Wildman–Crippen LogP) is 5.46. The third kappa shape index (κ3) is 5.15. The van der Waals surface area contributed by atoms with Gasteiger partial charge in [-0.15, -0.1) is 0 Å². The van der Waals surface area contributed by atoms with Crippen LogP contribution in [0, 0.1) is 5.82 Å². The van der Waals surface area contributed by atoms with E-state index in [2.05, 4.69) is 23.6 Å². The lowest BCUT2D eigenvalue weighted by Crippen LogP contribution is -2.62. The van der Waals surface area contributed by atoms with Crippen LogP contribution in [0.4, 0.5) is 17.6 Å². The zero-order valence-electron chi connectivity index (χ0n) is 21.5. The summed E-state index contributed by atoms with van der Waals surface area (Å²) in [5.74, 6) is -0.229. The fourth-order valence-corrected chi connectivity index (χ4v) is 6.14. The van der Waals surface area contributed by atoms with Gasteiger partial charge in [0.1, 0.15) is 5.82 Å². The molecule has 2 aromatic rings. The maximum atomic E-state index is 14.5. The molecular weight excluding hydrogens is 482 g/mol. The van der Waals surface area contributed by atoms with Crippen LogP contribution in [0.1, 0.15) is 56.2 Å². The van der Waals surface area contributed by atoms with Crippen molar-refractivity contribution in [2.24, 2.45) is 0 Å². The number of rotatable bonds is 5. The first-order valence-electron chi connectivity index (χ1n) is 13.2. The average molecular weight is 518 g/mol. The molecule has 5 rings (SSSR count). The van der Waals surface area contributed by atoms with Gasteiger partial charge in [-0.25, -0.2) is 4.39 Å². The normalized spacial score (nSPS) is 24.2. The summed E-state index contributed by atoms with van der Waals surface area (Å²) in [4.78, 5) is 20.2. The van der Waals surface area contributed by atoms with Crippen LogP contribution < -0.4 is 0 Å². The molecule has 1 amide bonds. The second kappa shape index (κ2) is 9.70. The Kier molecular flexibility index (Phi) is 6.86. The molecular formula is C29H35F4N3O. The Hall–Kier alpha value is -2.45. The van der Waals surface area contributed by atoms with Crippen LogP contribution in [0.2, 0.25) is 0 Å². The van der Waals surface area contributed by atoms with Gasteiger partial charge in [-0.2, -0.15) is 13.2 Å². The van der Waals surface area contributed by atoms with E-state index >= 15 is 0 Å². The number of alkyl halides is 3. The minimum absolute atomic E-state index is 0.0137. The van der Waals surface area contributed by atoms with Gasteiger partial charge in [0, 0.05) is 56.4 Å². The number of benzene rings is 2. The number of hydrogen-bond acceptors (Lipinski definition) is 3. The molecule has 8 heteroatoms. The van der Waals surface area contributed by atoms with E-state index in [4.69, 9.17) is 0 Å². The number of likely N-dealkylation sites (tertiary alicyclic amines) is 1. The first-order valence-corrected chi connectivity index (χ1v) is 13.2. The van der Waals surface area contributed by atoms with Crippen molar-refractivity contribution in [3.63, 3.8) is 0 Å². The number of carbonyl (C=O) groups excluding carboxylic acids is 1. The van der Waals surface area contributed by atoms with Crippen molar-refractivity contribution >= 4 is 5.91 Å². The van der Waals surface area contributed by atoms with Gasteiger partial charge >= 0.3 is 6.18 Å². The highest BCUT2D eigenvalue weighted by Gasteiger charge is 2.55. The molecule has 3 fully saturated rings. The highest BCUT2D eigenvalue weighted by atomic mass is 19.4. The second-order valence-electron chi connectivity index (χ2n) is 11.3. The molecule has 1 atom stereocenters. The molecule has 37 heavy (non-hydrogen) atoms. The first-order chi connectivity index (χ1) is 17.5. The van der Waals surface area contributed by atoms with Crippen LogP contribution in [0.15, 0.2) is 48.5 Å². The van der Waals surface area contributed by atoms with Crippen molar-refractivity contribution in [1.29, 1.82) is 0 Å². The van der Waals surface area contributed by atoms with Gasteiger partial charge in [0.25, 0.3) is 0 Å². The lowest BCUT2D eigenvalue weighted by Gasteiger charge is -2.52. The Labute approximate surface area is 216 Å². The van der Waals surface area contributed by atoms with Crippen molar-refractivity contribution < 1.29 is 22.4 Å². The summed E-state index contributed by atoms with van der Waals surface area (Å²) in [6.45, 7) is 9.03. The van der Waals surface area contributed by atoms with E-state index in [1.165, 1.54) is 6.07 Å². The maximum absolute atomic E-state index is 14.5. The van der Waals surface area contributed by atoms with E-state index < -0.39 is 17.2 Å². The molecule has 2 saturated heterocycles. The van der Waals surface area contributed by atoms with Crippen LogP contribution >= 0.6 is 0 Å². The van der Waals surface area contributed by atoms with Gasteiger partial charge in [-0.05, 0) is 63.3 Å². The van der Waals surface area contributed by atoms with Gasteiger partial charge < -0.3 is 4.90 Å². The van der Waals surface area contributed by atoms with Crippen LogP contribution in [-0.2, 0) is 22.9 Å². The molecule has 3 aliphatic rings. The number of halogens is 4. The molecule has 4 nitrogen and oxygen atoms in total. The van der Waals surface area contributed by atoms with E-state index in [1.807, 2.05) is 4.90 Å². The fourth-order valence-electron chi connectivity index (χ4n) is 6.14. The van der Waals surface area contributed by atoms with E-state index in [0.717, 1.165) is 50.2 Å². The van der Waals surface area contributed by atoms with E-state index in [1.54, 1.807) is 30.3 Å². The topological polar surface area (TPSA) is 26.8 Å². The van der Waals surface area contributed by atoms with E-state index in [9.17, 15) is 22.4 Å². The molecule has 2 heterocycles. The highest BCUT2D eigenvalue weighted by Crippen LogP contribution is 2.51. The molecule has 2 aromatic carbocycles. The van der Waals surface area contributed by atoms with Crippen molar-refractivity contribution in [2.45, 2.75) is 69.2 Å². The lowest BCUT2D eigenvalue weighted by molar-refractivity contribution is -0.138. The smallest absolute Gasteiger partial charge is 0.342 e. The van der Waals surface area contributed by atoms with Gasteiger partial charge in [0.05, 0.1) is 11.0 Å². The van der Waals surface area contributed by atoms with Crippen molar-refractivity contribution in [3.8, 4) is 0 Å². The summed E-state index contributed by atoms with van der Waals surface area (Å²) >= 11 is 0. The minimum atomic E-state index is -4.32. The second-order valence-corrected chi connectivity index (χ2v) is 11.3. The third-order valence-corrected chi connectivity index (χ3v) is 8.87. The molecule has 200 valence electrons. The zero-order chi connectivity index (χ0) is 26.4. The fraction of sp³-hybridized carbons (Fsp3) is 0.552. The summed E-state index contributed by atoms with van der Waals surface area (Å²) in [6, 6.07) is 12.4. The molecule has 2 aliphatic heterocycles. The van der Waals surface area contributed by atoms with Crippen molar-refractivity contribution in [3.05, 3.63) is 71.0 Å². The Morgan fingerprint density at radius 1 is 0.946 bits per heavy atom. The molecule has 1 aliphatic carbocycles. The molecule has 0 aromatic heterocycles. The summed E-state index contributed by atoms with van der Waals surface area (Å²) in [5, 5.41) is 0. The molecule has 0 N–H and O–H groups in total. The number of nitrogens with zero attached hydrogens (tertiary/aromatic N) is 3. The molecule has 0 bridgehead atoms.